The van der Waals surface area contributed by atoms with Crippen molar-refractivity contribution in [2.75, 3.05) is 13.2 Å². The Bertz CT molecular complexity index is 1030. The van der Waals surface area contributed by atoms with Crippen molar-refractivity contribution in [3.63, 3.8) is 0 Å². The predicted octanol–water partition coefficient (Wildman–Crippen LogP) is 3.50. The molecule has 8 nitrogen and oxygen atoms in total. The molecule has 0 radical (unpaired) electrons. The highest BCUT2D eigenvalue weighted by Gasteiger charge is 2.24. The van der Waals surface area contributed by atoms with Crippen LogP contribution in [0, 0.1) is 12.8 Å². The second-order valence-corrected chi connectivity index (χ2v) is 8.03. The molecule has 1 atom stereocenters. The Morgan fingerprint density at radius 3 is 2.56 bits per heavy atom. The molecule has 34 heavy (non-hydrogen) atoms. The number of allylic oxidation sites excluding steroid dienone is 1. The summed E-state index contributed by atoms with van der Waals surface area (Å²) in [7, 11) is 0. The summed E-state index contributed by atoms with van der Waals surface area (Å²) in [6.45, 7) is 11.2. The number of hydrogen-bond acceptors (Lipinski definition) is 6. The number of aryl methyl sites for hydroxylation is 1. The van der Waals surface area contributed by atoms with Crippen LogP contribution in [-0.4, -0.2) is 42.4 Å². The lowest BCUT2D eigenvalue weighted by Gasteiger charge is -2.20. The molecule has 0 bridgehead atoms. The van der Waals surface area contributed by atoms with E-state index in [2.05, 4.69) is 22.4 Å². The van der Waals surface area contributed by atoms with Crippen molar-refractivity contribution in [1.82, 2.24) is 10.7 Å². The highest BCUT2D eigenvalue weighted by atomic mass is 16.5. The lowest BCUT2D eigenvalue weighted by molar-refractivity contribution is -0.131. The fraction of sp³-hybridized carbons (Fsp3) is 0.346. The Morgan fingerprint density at radius 1 is 1.18 bits per heavy atom. The largest absolute Gasteiger partial charge is 0.504 e. The molecular weight excluding hydrogens is 434 g/mol. The Balaban J connectivity index is 2.02. The number of hydrogen-bond donors (Lipinski definition) is 3. The van der Waals surface area contributed by atoms with Crippen LogP contribution in [-0.2, 0) is 16.0 Å². The third-order valence-electron chi connectivity index (χ3n) is 4.95. The first kappa shape index (κ1) is 26.4. The standard InChI is InChI=1S/C26H33N3O5/c1-6-10-20-13-19(14-22(25(20)31)33-7-2)15-27-29-26(32)24(17(3)4)28-23(30)16-34-21-12-9-8-11-18(21)5/h6,8-9,11-15,17,24,31H,1,7,10,16H2,2-5H3,(H,28,30)(H,29,32)/b27-15-/t24-/m0/s1. The fourth-order valence-electron chi connectivity index (χ4n) is 3.19. The first-order chi connectivity index (χ1) is 16.3. The Morgan fingerprint density at radius 2 is 1.91 bits per heavy atom. The van der Waals surface area contributed by atoms with Gasteiger partial charge < -0.3 is 19.9 Å². The number of carbonyl (C=O) groups excluding carboxylic acids is 2. The number of ether oxygens (including phenoxy) is 2. The summed E-state index contributed by atoms with van der Waals surface area (Å²) in [6, 6.07) is 9.96. The molecule has 0 aliphatic carbocycles. The van der Waals surface area contributed by atoms with Crippen LogP contribution < -0.4 is 20.2 Å². The number of phenols is 1. The van der Waals surface area contributed by atoms with Crippen LogP contribution in [0.1, 0.15) is 37.5 Å². The van der Waals surface area contributed by atoms with Gasteiger partial charge in [-0.1, -0.05) is 38.1 Å². The van der Waals surface area contributed by atoms with E-state index in [9.17, 15) is 14.7 Å². The van der Waals surface area contributed by atoms with Crippen LogP contribution in [0.25, 0.3) is 0 Å². The van der Waals surface area contributed by atoms with E-state index in [-0.39, 0.29) is 18.3 Å². The van der Waals surface area contributed by atoms with Gasteiger partial charge in [-0.25, -0.2) is 5.43 Å². The topological polar surface area (TPSA) is 109 Å². The third kappa shape index (κ3) is 7.65. The van der Waals surface area contributed by atoms with Gasteiger partial charge in [0, 0.05) is 5.56 Å². The second-order valence-electron chi connectivity index (χ2n) is 8.03. The van der Waals surface area contributed by atoms with E-state index in [1.807, 2.05) is 45.9 Å². The minimum absolute atomic E-state index is 0.0541. The average molecular weight is 468 g/mol. The number of nitrogens with zero attached hydrogens (tertiary/aromatic N) is 1. The van der Waals surface area contributed by atoms with Gasteiger partial charge in [-0.2, -0.15) is 5.10 Å². The SMILES string of the molecule is C=CCc1cc(/C=N\NC(=O)[C@@H](NC(=O)COc2ccccc2C)C(C)C)cc(OCC)c1O. The molecule has 2 aromatic carbocycles. The number of aromatic hydroxyl groups is 1. The number of para-hydroxylation sites is 1. The van der Waals surface area contributed by atoms with E-state index in [4.69, 9.17) is 9.47 Å². The molecule has 0 aromatic heterocycles. The fourth-order valence-corrected chi connectivity index (χ4v) is 3.19. The molecule has 182 valence electrons. The molecular formula is C26H33N3O5. The van der Waals surface area contributed by atoms with Gasteiger partial charge in [-0.15, -0.1) is 6.58 Å². The molecule has 0 saturated heterocycles. The van der Waals surface area contributed by atoms with E-state index < -0.39 is 17.9 Å². The van der Waals surface area contributed by atoms with Gasteiger partial charge >= 0.3 is 0 Å². The Labute approximate surface area is 200 Å². The van der Waals surface area contributed by atoms with Gasteiger partial charge in [-0.05, 0) is 55.5 Å². The highest BCUT2D eigenvalue weighted by molar-refractivity contribution is 5.89. The lowest BCUT2D eigenvalue weighted by Crippen LogP contribution is -2.49. The van der Waals surface area contributed by atoms with Crippen molar-refractivity contribution in [1.29, 1.82) is 0 Å². The van der Waals surface area contributed by atoms with E-state index in [1.165, 1.54) is 6.21 Å². The number of hydrazone groups is 1. The quantitative estimate of drug-likeness (QED) is 0.251. The second kappa shape index (κ2) is 13.0. The molecule has 0 heterocycles. The molecule has 0 fully saturated rings. The first-order valence-electron chi connectivity index (χ1n) is 11.2. The summed E-state index contributed by atoms with van der Waals surface area (Å²) in [5.74, 6) is -0.0336. The van der Waals surface area contributed by atoms with Crippen LogP contribution in [0.5, 0.6) is 17.2 Å². The Hall–Kier alpha value is -3.81. The zero-order chi connectivity index (χ0) is 25.1. The smallest absolute Gasteiger partial charge is 0.262 e. The van der Waals surface area contributed by atoms with Gasteiger partial charge in [0.15, 0.2) is 18.1 Å². The molecule has 0 spiro atoms. The van der Waals surface area contributed by atoms with Gasteiger partial charge in [0.25, 0.3) is 11.8 Å². The lowest BCUT2D eigenvalue weighted by atomic mass is 10.0. The van der Waals surface area contributed by atoms with Gasteiger partial charge in [-0.3, -0.25) is 9.59 Å². The predicted molar refractivity (Wildman–Crippen MR) is 132 cm³/mol. The van der Waals surface area contributed by atoms with Crippen LogP contribution in [0.3, 0.4) is 0 Å². The number of nitrogens with one attached hydrogen (secondary N) is 2. The molecule has 0 aliphatic heterocycles. The van der Waals surface area contributed by atoms with Crippen molar-refractivity contribution in [3.8, 4) is 17.2 Å². The van der Waals surface area contributed by atoms with Crippen molar-refractivity contribution in [2.24, 2.45) is 11.0 Å². The summed E-state index contributed by atoms with van der Waals surface area (Å²) < 4.78 is 11.0. The van der Waals surface area contributed by atoms with Crippen molar-refractivity contribution in [2.45, 2.75) is 40.2 Å². The molecule has 2 aromatic rings. The normalized spacial score (nSPS) is 11.8. The maximum absolute atomic E-state index is 12.7. The van der Waals surface area contributed by atoms with Gasteiger partial charge in [0.2, 0.25) is 0 Å². The third-order valence-corrected chi connectivity index (χ3v) is 4.95. The summed E-state index contributed by atoms with van der Waals surface area (Å²) in [4.78, 5) is 25.0. The van der Waals surface area contributed by atoms with Crippen molar-refractivity contribution in [3.05, 3.63) is 65.7 Å². The van der Waals surface area contributed by atoms with E-state index in [0.717, 1.165) is 5.56 Å². The summed E-state index contributed by atoms with van der Waals surface area (Å²) in [6.07, 6.45) is 3.57. The molecule has 2 rings (SSSR count). The summed E-state index contributed by atoms with van der Waals surface area (Å²) >= 11 is 0. The zero-order valence-electron chi connectivity index (χ0n) is 20.1. The Kier molecular flexibility index (Phi) is 10.1. The highest BCUT2D eigenvalue weighted by Crippen LogP contribution is 2.32. The molecule has 8 heteroatoms. The van der Waals surface area contributed by atoms with Gasteiger partial charge in [0.05, 0.1) is 12.8 Å². The van der Waals surface area contributed by atoms with Crippen LogP contribution >= 0.6 is 0 Å². The van der Waals surface area contributed by atoms with E-state index >= 15 is 0 Å². The molecule has 3 N–H and O–H groups in total. The van der Waals surface area contributed by atoms with Crippen molar-refractivity contribution >= 4 is 18.0 Å². The number of benzene rings is 2. The van der Waals surface area contributed by atoms with E-state index in [0.29, 0.717) is 35.7 Å². The molecule has 2 amide bonds. The molecule has 0 unspecified atom stereocenters. The minimum atomic E-state index is -0.791. The van der Waals surface area contributed by atoms with Crippen LogP contribution in [0.4, 0.5) is 0 Å². The van der Waals surface area contributed by atoms with Gasteiger partial charge in [0.1, 0.15) is 11.8 Å². The maximum atomic E-state index is 12.7. The maximum Gasteiger partial charge on any atom is 0.262 e. The number of amides is 2. The number of phenolic OH excluding ortho intramolecular Hbond substituents is 1. The number of carbonyl (C=O) groups is 2. The monoisotopic (exact) mass is 467 g/mol. The first-order valence-corrected chi connectivity index (χ1v) is 11.2. The van der Waals surface area contributed by atoms with Crippen LogP contribution in [0.15, 0.2) is 54.2 Å². The number of rotatable bonds is 12. The van der Waals surface area contributed by atoms with Crippen molar-refractivity contribution < 1.29 is 24.2 Å². The zero-order valence-corrected chi connectivity index (χ0v) is 20.1. The van der Waals surface area contributed by atoms with Crippen LogP contribution in [0.2, 0.25) is 0 Å². The summed E-state index contributed by atoms with van der Waals surface area (Å²) in [5, 5.41) is 17.0. The molecule has 0 saturated carbocycles. The van der Waals surface area contributed by atoms with E-state index in [1.54, 1.807) is 24.3 Å². The molecule has 0 aliphatic rings. The minimum Gasteiger partial charge on any atom is -0.504 e. The average Bonchev–Trinajstić information content (AvgIpc) is 2.79. The summed E-state index contributed by atoms with van der Waals surface area (Å²) in [5.41, 5.74) is 4.66.